The van der Waals surface area contributed by atoms with E-state index in [1.54, 1.807) is 7.11 Å². The van der Waals surface area contributed by atoms with Gasteiger partial charge in [0.15, 0.2) is 0 Å². The molecule has 0 spiro atoms. The minimum Gasteiger partial charge on any atom is -0.497 e. The molecule has 1 fully saturated rings. The van der Waals surface area contributed by atoms with Crippen LogP contribution < -0.4 is 10.1 Å². The number of nitrogens with zero attached hydrogens (tertiary/aromatic N) is 1. The number of nitrogens with one attached hydrogen (secondary N) is 1. The van der Waals surface area contributed by atoms with Crippen LogP contribution in [0.2, 0.25) is 0 Å². The third kappa shape index (κ3) is 5.42. The Kier molecular flexibility index (Phi) is 7.04. The Morgan fingerprint density at radius 2 is 1.96 bits per heavy atom. The summed E-state index contributed by atoms with van der Waals surface area (Å²) < 4.78 is 5.17. The van der Waals surface area contributed by atoms with Crippen molar-refractivity contribution in [2.75, 3.05) is 32.5 Å². The van der Waals surface area contributed by atoms with Crippen LogP contribution in [0.1, 0.15) is 28.4 Å². The molecule has 0 aliphatic carbocycles. The fraction of sp³-hybridized carbons (Fsp3) is 0.409. The number of rotatable bonds is 5. The molecule has 27 heavy (non-hydrogen) atoms. The molecule has 0 unspecified atom stereocenters. The molecule has 1 heterocycles. The van der Waals surface area contributed by atoms with E-state index < -0.39 is 0 Å². The number of ether oxygens (including phenoxy) is 1. The van der Waals surface area contributed by atoms with Gasteiger partial charge in [-0.3, -0.25) is 0 Å². The van der Waals surface area contributed by atoms with Gasteiger partial charge < -0.3 is 15.0 Å². The molecule has 1 aliphatic heterocycles. The Balaban J connectivity index is 1.47. The molecule has 1 saturated heterocycles. The smallest absolute Gasteiger partial charge is 0.317 e. The van der Waals surface area contributed by atoms with Gasteiger partial charge in [-0.05, 0) is 48.6 Å². The van der Waals surface area contributed by atoms with E-state index in [-0.39, 0.29) is 6.03 Å². The lowest BCUT2D eigenvalue weighted by Crippen LogP contribution is -2.41. The van der Waals surface area contributed by atoms with E-state index in [2.05, 4.69) is 36.5 Å². The largest absolute Gasteiger partial charge is 0.497 e. The predicted molar refractivity (Wildman–Crippen MR) is 113 cm³/mol. The molecule has 1 N–H and O–H groups in total. The van der Waals surface area contributed by atoms with E-state index in [1.807, 2.05) is 40.9 Å². The first kappa shape index (κ1) is 19.6. The van der Waals surface area contributed by atoms with Gasteiger partial charge in [0.1, 0.15) is 5.75 Å². The fourth-order valence-electron chi connectivity index (χ4n) is 3.39. The zero-order valence-corrected chi connectivity index (χ0v) is 16.9. The number of urea groups is 1. The van der Waals surface area contributed by atoms with Crippen LogP contribution in [0.5, 0.6) is 5.75 Å². The van der Waals surface area contributed by atoms with Gasteiger partial charge >= 0.3 is 6.03 Å². The summed E-state index contributed by atoms with van der Waals surface area (Å²) in [5.41, 5.74) is 3.94. The van der Waals surface area contributed by atoms with Gasteiger partial charge in [-0.15, -0.1) is 0 Å². The number of hydrogen-bond acceptors (Lipinski definition) is 3. The number of carbonyl (C=O) groups excluding carboxylic acids is 1. The maximum Gasteiger partial charge on any atom is 0.317 e. The molecular formula is C22H28N2O2S. The van der Waals surface area contributed by atoms with E-state index in [9.17, 15) is 4.79 Å². The van der Waals surface area contributed by atoms with Crippen molar-refractivity contribution in [2.45, 2.75) is 25.0 Å². The zero-order chi connectivity index (χ0) is 19.1. The lowest BCUT2D eigenvalue weighted by Gasteiger charge is -2.21. The number of carbonyl (C=O) groups is 1. The van der Waals surface area contributed by atoms with Crippen molar-refractivity contribution in [2.24, 2.45) is 0 Å². The molecule has 0 radical (unpaired) electrons. The first-order valence-corrected chi connectivity index (χ1v) is 10.5. The normalized spacial score (nSPS) is 17.3. The average molecular weight is 385 g/mol. The van der Waals surface area contributed by atoms with Crippen molar-refractivity contribution < 1.29 is 9.53 Å². The second-order valence-electron chi connectivity index (χ2n) is 6.82. The van der Waals surface area contributed by atoms with Crippen LogP contribution in [0.3, 0.4) is 0 Å². The summed E-state index contributed by atoms with van der Waals surface area (Å²) in [4.78, 5) is 14.5. The van der Waals surface area contributed by atoms with Crippen LogP contribution in [0.25, 0.3) is 0 Å². The Morgan fingerprint density at radius 3 is 2.70 bits per heavy atom. The van der Waals surface area contributed by atoms with Crippen LogP contribution >= 0.6 is 11.8 Å². The quantitative estimate of drug-likeness (QED) is 0.829. The van der Waals surface area contributed by atoms with Crippen molar-refractivity contribution in [3.63, 3.8) is 0 Å². The maximum atomic E-state index is 12.5. The fourth-order valence-corrected chi connectivity index (χ4v) is 4.71. The van der Waals surface area contributed by atoms with Gasteiger partial charge in [-0.1, -0.05) is 36.4 Å². The number of amides is 2. The predicted octanol–water partition coefficient (Wildman–Crippen LogP) is 4.44. The molecule has 0 bridgehead atoms. The van der Waals surface area contributed by atoms with E-state index in [0.29, 0.717) is 11.8 Å². The third-order valence-electron chi connectivity index (χ3n) is 5.01. The molecule has 3 rings (SSSR count). The highest BCUT2D eigenvalue weighted by molar-refractivity contribution is 7.99. The third-order valence-corrected chi connectivity index (χ3v) is 6.32. The standard InChI is InChI=1S/C22H28N2O2S/c1-17-5-3-4-6-20(17)21-12-14-24(15-16-27-21)22(25)23-13-11-18-7-9-19(26-2)10-8-18/h3-10,21H,11-16H2,1-2H3,(H,23,25)/t21-/m0/s1. The monoisotopic (exact) mass is 384 g/mol. The van der Waals surface area contributed by atoms with Gasteiger partial charge in [0.2, 0.25) is 0 Å². The number of hydrogen-bond donors (Lipinski definition) is 1. The summed E-state index contributed by atoms with van der Waals surface area (Å²) in [6, 6.07) is 16.6. The molecule has 1 atom stereocenters. The number of thioether (sulfide) groups is 1. The second-order valence-corrected chi connectivity index (χ2v) is 8.13. The van der Waals surface area contributed by atoms with Crippen molar-refractivity contribution in [1.82, 2.24) is 10.2 Å². The van der Waals surface area contributed by atoms with Gasteiger partial charge in [-0.25, -0.2) is 4.79 Å². The van der Waals surface area contributed by atoms with Crippen molar-refractivity contribution in [1.29, 1.82) is 0 Å². The molecular weight excluding hydrogens is 356 g/mol. The summed E-state index contributed by atoms with van der Waals surface area (Å²) in [6.07, 6.45) is 1.82. The average Bonchev–Trinajstić information content (AvgIpc) is 2.95. The summed E-state index contributed by atoms with van der Waals surface area (Å²) in [5.74, 6) is 1.83. The topological polar surface area (TPSA) is 41.6 Å². The van der Waals surface area contributed by atoms with Crippen molar-refractivity contribution >= 4 is 17.8 Å². The number of methoxy groups -OCH3 is 1. The highest BCUT2D eigenvalue weighted by atomic mass is 32.2. The number of benzene rings is 2. The van der Waals surface area contributed by atoms with Crippen LogP contribution in [0.4, 0.5) is 4.79 Å². The molecule has 2 aromatic carbocycles. The summed E-state index contributed by atoms with van der Waals surface area (Å²) in [5, 5.41) is 3.54. The molecule has 2 amide bonds. The first-order valence-electron chi connectivity index (χ1n) is 9.50. The first-order chi connectivity index (χ1) is 13.2. The van der Waals surface area contributed by atoms with E-state index in [0.717, 1.165) is 37.4 Å². The molecule has 0 aromatic heterocycles. The Hall–Kier alpha value is -2.14. The van der Waals surface area contributed by atoms with E-state index in [4.69, 9.17) is 4.74 Å². The van der Waals surface area contributed by atoms with Crippen molar-refractivity contribution in [3.05, 3.63) is 65.2 Å². The molecule has 2 aromatic rings. The molecule has 144 valence electrons. The van der Waals surface area contributed by atoms with Gasteiger partial charge in [-0.2, -0.15) is 11.8 Å². The summed E-state index contributed by atoms with van der Waals surface area (Å²) >= 11 is 1.96. The SMILES string of the molecule is COc1ccc(CCNC(=O)N2CCS[C@H](c3ccccc3C)CC2)cc1. The molecule has 5 heteroatoms. The van der Waals surface area contributed by atoms with Crippen LogP contribution in [-0.2, 0) is 6.42 Å². The summed E-state index contributed by atoms with van der Waals surface area (Å²) in [6.45, 7) is 4.43. The summed E-state index contributed by atoms with van der Waals surface area (Å²) in [7, 11) is 1.67. The molecule has 0 saturated carbocycles. The minimum absolute atomic E-state index is 0.0505. The Labute approximate surface area is 166 Å². The van der Waals surface area contributed by atoms with Gasteiger partial charge in [0.25, 0.3) is 0 Å². The lowest BCUT2D eigenvalue weighted by atomic mass is 10.0. The maximum absolute atomic E-state index is 12.5. The van der Waals surface area contributed by atoms with Gasteiger partial charge in [0.05, 0.1) is 7.11 Å². The van der Waals surface area contributed by atoms with Crippen LogP contribution in [0, 0.1) is 6.92 Å². The molecule has 1 aliphatic rings. The lowest BCUT2D eigenvalue weighted by molar-refractivity contribution is 0.201. The zero-order valence-electron chi connectivity index (χ0n) is 16.1. The van der Waals surface area contributed by atoms with Gasteiger partial charge in [0, 0.05) is 30.6 Å². The second kappa shape index (κ2) is 9.70. The molecule has 4 nitrogen and oxygen atoms in total. The highest BCUT2D eigenvalue weighted by Crippen LogP contribution is 2.35. The van der Waals surface area contributed by atoms with E-state index in [1.165, 1.54) is 16.7 Å². The Morgan fingerprint density at radius 1 is 1.19 bits per heavy atom. The number of aryl methyl sites for hydroxylation is 1. The Bertz CT molecular complexity index is 748. The van der Waals surface area contributed by atoms with Crippen molar-refractivity contribution in [3.8, 4) is 5.75 Å². The van der Waals surface area contributed by atoms with E-state index >= 15 is 0 Å². The highest BCUT2D eigenvalue weighted by Gasteiger charge is 2.22. The minimum atomic E-state index is 0.0505. The van der Waals surface area contributed by atoms with Crippen LogP contribution in [0.15, 0.2) is 48.5 Å². The van der Waals surface area contributed by atoms with Crippen LogP contribution in [-0.4, -0.2) is 43.4 Å².